The highest BCUT2D eigenvalue weighted by molar-refractivity contribution is 5.80. The Morgan fingerprint density at radius 1 is 0.826 bits per heavy atom. The molecule has 4 heteroatoms. The predicted molar refractivity (Wildman–Crippen MR) is 92.6 cm³/mol. The minimum Gasteiger partial charge on any atom is -0.364 e. The molecule has 0 radical (unpaired) electrons. The molecule has 2 aromatic carbocycles. The Morgan fingerprint density at radius 3 is 2.57 bits per heavy atom. The number of nitrogens with zero attached hydrogens (tertiary/aromatic N) is 3. The van der Waals surface area contributed by atoms with Crippen LogP contribution in [-0.2, 0) is 6.54 Å². The summed E-state index contributed by atoms with van der Waals surface area (Å²) in [6.07, 6.45) is 1.97. The van der Waals surface area contributed by atoms with Crippen LogP contribution in [-0.4, -0.2) is 14.8 Å². The second-order valence-corrected chi connectivity index (χ2v) is 5.33. The third-order valence-electron chi connectivity index (χ3n) is 3.71. The van der Waals surface area contributed by atoms with E-state index in [1.165, 1.54) is 0 Å². The van der Waals surface area contributed by atoms with E-state index in [1.54, 1.807) is 0 Å². The molecule has 112 valence electrons. The Hall–Kier alpha value is -3.14. The van der Waals surface area contributed by atoms with Crippen molar-refractivity contribution in [3.63, 3.8) is 0 Å². The Balaban J connectivity index is 1.49. The van der Waals surface area contributed by atoms with Crippen LogP contribution in [0.25, 0.3) is 16.6 Å². The van der Waals surface area contributed by atoms with Crippen LogP contribution in [0.5, 0.6) is 0 Å². The lowest BCUT2D eigenvalue weighted by Gasteiger charge is -2.05. The molecule has 2 heterocycles. The minimum atomic E-state index is 0.644. The molecule has 0 atom stereocenters. The number of hydrogen-bond donors (Lipinski definition) is 1. The first-order valence-corrected chi connectivity index (χ1v) is 7.58. The quantitative estimate of drug-likeness (QED) is 0.618. The van der Waals surface area contributed by atoms with Gasteiger partial charge < -0.3 is 5.32 Å². The van der Waals surface area contributed by atoms with Gasteiger partial charge in [-0.05, 0) is 36.4 Å². The van der Waals surface area contributed by atoms with E-state index in [0.29, 0.717) is 6.54 Å². The lowest BCUT2D eigenvalue weighted by molar-refractivity contribution is 0.843. The molecule has 0 amide bonds. The molecule has 1 N–H and O–H groups in total. The average molecular weight is 300 g/mol. The van der Waals surface area contributed by atoms with E-state index in [0.717, 1.165) is 28.1 Å². The zero-order valence-corrected chi connectivity index (χ0v) is 12.6. The molecule has 2 aromatic heterocycles. The molecule has 0 saturated heterocycles. The van der Waals surface area contributed by atoms with Crippen LogP contribution < -0.4 is 5.32 Å². The van der Waals surface area contributed by atoms with Gasteiger partial charge in [0.1, 0.15) is 5.82 Å². The maximum atomic E-state index is 4.61. The van der Waals surface area contributed by atoms with E-state index in [-0.39, 0.29) is 0 Å². The number of anilines is 1. The minimum absolute atomic E-state index is 0.644. The summed E-state index contributed by atoms with van der Waals surface area (Å²) in [5.41, 5.74) is 3.03. The highest BCUT2D eigenvalue weighted by Gasteiger charge is 2.02. The van der Waals surface area contributed by atoms with Gasteiger partial charge in [0.05, 0.1) is 23.4 Å². The van der Waals surface area contributed by atoms with Crippen molar-refractivity contribution < 1.29 is 0 Å². The second kappa shape index (κ2) is 5.93. The van der Waals surface area contributed by atoms with Gasteiger partial charge in [-0.1, -0.05) is 36.4 Å². The van der Waals surface area contributed by atoms with Crippen molar-refractivity contribution in [1.82, 2.24) is 14.8 Å². The summed E-state index contributed by atoms with van der Waals surface area (Å²) in [7, 11) is 0. The maximum Gasteiger partial charge on any atom is 0.126 e. The smallest absolute Gasteiger partial charge is 0.126 e. The summed E-state index contributed by atoms with van der Waals surface area (Å²) >= 11 is 0. The largest absolute Gasteiger partial charge is 0.364 e. The van der Waals surface area contributed by atoms with Crippen LogP contribution in [0, 0.1) is 0 Å². The van der Waals surface area contributed by atoms with Gasteiger partial charge in [0.2, 0.25) is 0 Å². The Morgan fingerprint density at radius 2 is 1.65 bits per heavy atom. The van der Waals surface area contributed by atoms with Gasteiger partial charge in [-0.3, -0.25) is 0 Å². The van der Waals surface area contributed by atoms with Crippen molar-refractivity contribution in [2.24, 2.45) is 0 Å². The molecule has 0 unspecified atom stereocenters. The summed E-state index contributed by atoms with van der Waals surface area (Å²) < 4.78 is 1.88. The third-order valence-corrected chi connectivity index (χ3v) is 3.71. The highest BCUT2D eigenvalue weighted by Crippen LogP contribution is 2.15. The average Bonchev–Trinajstić information content (AvgIpc) is 3.10. The van der Waals surface area contributed by atoms with Crippen LogP contribution in [0.4, 0.5) is 5.82 Å². The molecule has 23 heavy (non-hydrogen) atoms. The number of hydrogen-bond acceptors (Lipinski definition) is 3. The lowest BCUT2D eigenvalue weighted by atomic mass is 10.2. The van der Waals surface area contributed by atoms with Gasteiger partial charge >= 0.3 is 0 Å². The molecule has 0 aliphatic heterocycles. The molecule has 0 bridgehead atoms. The monoisotopic (exact) mass is 300 g/mol. The highest BCUT2D eigenvalue weighted by atomic mass is 15.3. The van der Waals surface area contributed by atoms with Crippen LogP contribution in [0.1, 0.15) is 5.69 Å². The van der Waals surface area contributed by atoms with Crippen molar-refractivity contribution in [1.29, 1.82) is 0 Å². The number of fused-ring (bicyclic) bond motifs is 1. The van der Waals surface area contributed by atoms with E-state index in [1.807, 2.05) is 71.5 Å². The number of nitrogens with one attached hydrogen (secondary N) is 1. The predicted octanol–water partition coefficient (Wildman–Crippen LogP) is 4.03. The molecule has 4 rings (SSSR count). The molecule has 0 aliphatic carbocycles. The zero-order chi connectivity index (χ0) is 15.5. The fourth-order valence-electron chi connectivity index (χ4n) is 2.53. The van der Waals surface area contributed by atoms with E-state index in [2.05, 4.69) is 27.5 Å². The summed E-state index contributed by atoms with van der Waals surface area (Å²) in [5.74, 6) is 0.859. The van der Waals surface area contributed by atoms with Gasteiger partial charge in [-0.2, -0.15) is 5.10 Å². The summed E-state index contributed by atoms with van der Waals surface area (Å²) in [4.78, 5) is 4.61. The van der Waals surface area contributed by atoms with Crippen molar-refractivity contribution in [3.8, 4) is 5.69 Å². The molecule has 0 aliphatic rings. The van der Waals surface area contributed by atoms with E-state index < -0.39 is 0 Å². The molecule has 0 fully saturated rings. The third kappa shape index (κ3) is 2.92. The molecule has 4 aromatic rings. The fourth-order valence-corrected chi connectivity index (χ4v) is 2.53. The summed E-state index contributed by atoms with van der Waals surface area (Å²) in [6, 6.07) is 24.3. The van der Waals surface area contributed by atoms with Crippen molar-refractivity contribution in [3.05, 3.63) is 84.7 Å². The lowest BCUT2D eigenvalue weighted by Crippen LogP contribution is -2.03. The first-order chi connectivity index (χ1) is 11.4. The van der Waals surface area contributed by atoms with Gasteiger partial charge in [-0.25, -0.2) is 9.67 Å². The van der Waals surface area contributed by atoms with Gasteiger partial charge in [-0.15, -0.1) is 0 Å². The van der Waals surface area contributed by atoms with Crippen molar-refractivity contribution in [2.75, 3.05) is 5.32 Å². The summed E-state index contributed by atoms with van der Waals surface area (Å²) in [6.45, 7) is 0.644. The number of rotatable bonds is 4. The van der Waals surface area contributed by atoms with E-state index >= 15 is 0 Å². The maximum absolute atomic E-state index is 4.61. The normalized spacial score (nSPS) is 10.8. The van der Waals surface area contributed by atoms with Gasteiger partial charge in [0.15, 0.2) is 0 Å². The number of benzene rings is 2. The standard InChI is InChI=1S/C19H16N4/c1-2-7-17(8-3-1)23-13-12-16(22-23)14-20-19-11-10-15-6-4-5-9-18(15)21-19/h1-13H,14H2,(H,20,21). The van der Waals surface area contributed by atoms with Crippen molar-refractivity contribution in [2.45, 2.75) is 6.54 Å². The molecular formula is C19H16N4. The zero-order valence-electron chi connectivity index (χ0n) is 12.6. The van der Waals surface area contributed by atoms with Crippen molar-refractivity contribution >= 4 is 16.7 Å². The van der Waals surface area contributed by atoms with Gasteiger partial charge in [0.25, 0.3) is 0 Å². The van der Waals surface area contributed by atoms with Crippen LogP contribution in [0.2, 0.25) is 0 Å². The fraction of sp³-hybridized carbons (Fsp3) is 0.0526. The molecule has 4 nitrogen and oxygen atoms in total. The Bertz CT molecular complexity index is 928. The Labute approximate surface area is 134 Å². The van der Waals surface area contributed by atoms with Crippen LogP contribution in [0.3, 0.4) is 0 Å². The first-order valence-electron chi connectivity index (χ1n) is 7.58. The SMILES string of the molecule is c1ccc(-n2ccc(CNc3ccc4ccccc4n3)n2)cc1. The number of pyridine rings is 1. The number of aromatic nitrogens is 3. The van der Waals surface area contributed by atoms with Crippen LogP contribution >= 0.6 is 0 Å². The van der Waals surface area contributed by atoms with E-state index in [9.17, 15) is 0 Å². The Kier molecular flexibility index (Phi) is 3.48. The van der Waals surface area contributed by atoms with Gasteiger partial charge in [0, 0.05) is 11.6 Å². The first kappa shape index (κ1) is 13.5. The molecule has 0 spiro atoms. The molecular weight excluding hydrogens is 284 g/mol. The topological polar surface area (TPSA) is 42.7 Å². The number of para-hydroxylation sites is 2. The second-order valence-electron chi connectivity index (χ2n) is 5.33. The molecule has 0 saturated carbocycles. The van der Waals surface area contributed by atoms with E-state index in [4.69, 9.17) is 0 Å². The summed E-state index contributed by atoms with van der Waals surface area (Å²) in [5, 5.41) is 9.06. The van der Waals surface area contributed by atoms with Crippen LogP contribution in [0.15, 0.2) is 79.0 Å².